The van der Waals surface area contributed by atoms with E-state index in [0.717, 1.165) is 11.1 Å². The van der Waals surface area contributed by atoms with Crippen molar-refractivity contribution in [1.82, 2.24) is 0 Å². The molecule has 28 heavy (non-hydrogen) atoms. The maximum Gasteiger partial charge on any atom is 0.191 e. The highest BCUT2D eigenvalue weighted by atomic mass is 35.5. The molecule has 0 atom stereocenters. The predicted molar refractivity (Wildman–Crippen MR) is 111 cm³/mol. The summed E-state index contributed by atoms with van der Waals surface area (Å²) in [6.07, 6.45) is 2.46. The predicted octanol–water partition coefficient (Wildman–Crippen LogP) is 5.15. The van der Waals surface area contributed by atoms with Crippen LogP contribution in [0.25, 0.3) is 0 Å². The van der Waals surface area contributed by atoms with Gasteiger partial charge in [0.05, 0.1) is 10.6 Å². The molecule has 2 N–H and O–H groups in total. The highest BCUT2D eigenvalue weighted by Gasteiger charge is 2.16. The standard InChI is InChI=1S/C23H20ClNO3/c24-20-13-19(21(26)11-12-25)22(27-15-17-7-3-1-4-8-17)14-23(20)28-16-18-9-5-2-6-10-18/h1-14H,15-16,25H2. The van der Waals surface area contributed by atoms with E-state index in [1.807, 2.05) is 60.7 Å². The summed E-state index contributed by atoms with van der Waals surface area (Å²) in [5, 5.41) is 0.330. The molecule has 142 valence electrons. The maximum absolute atomic E-state index is 12.4. The lowest BCUT2D eigenvalue weighted by molar-refractivity contribution is 0.104. The van der Waals surface area contributed by atoms with E-state index in [1.165, 1.54) is 12.3 Å². The fraction of sp³-hybridized carbons (Fsp3) is 0.0870. The lowest BCUT2D eigenvalue weighted by Gasteiger charge is -2.14. The van der Waals surface area contributed by atoms with Gasteiger partial charge >= 0.3 is 0 Å². The van der Waals surface area contributed by atoms with E-state index in [9.17, 15) is 4.79 Å². The van der Waals surface area contributed by atoms with Crippen LogP contribution in [-0.4, -0.2) is 5.78 Å². The molecule has 0 saturated heterocycles. The third-order valence-corrected chi connectivity index (χ3v) is 4.32. The molecule has 0 fully saturated rings. The van der Waals surface area contributed by atoms with Crippen LogP contribution in [0.1, 0.15) is 21.5 Å². The van der Waals surface area contributed by atoms with Crippen molar-refractivity contribution in [1.29, 1.82) is 0 Å². The van der Waals surface area contributed by atoms with Crippen molar-refractivity contribution < 1.29 is 14.3 Å². The van der Waals surface area contributed by atoms with E-state index in [4.69, 9.17) is 26.8 Å². The van der Waals surface area contributed by atoms with Gasteiger partial charge in [0.15, 0.2) is 5.78 Å². The zero-order chi connectivity index (χ0) is 19.8. The van der Waals surface area contributed by atoms with E-state index in [0.29, 0.717) is 35.3 Å². The second-order valence-electron chi connectivity index (χ2n) is 6.05. The molecule has 0 amide bonds. The Morgan fingerprint density at radius 3 is 1.93 bits per heavy atom. The number of carbonyl (C=O) groups is 1. The highest BCUT2D eigenvalue weighted by molar-refractivity contribution is 6.32. The molecule has 0 bridgehead atoms. The van der Waals surface area contributed by atoms with Gasteiger partial charge in [-0.15, -0.1) is 0 Å². The van der Waals surface area contributed by atoms with Gasteiger partial charge in [-0.2, -0.15) is 0 Å². The van der Waals surface area contributed by atoms with E-state index >= 15 is 0 Å². The van der Waals surface area contributed by atoms with E-state index in [-0.39, 0.29) is 5.78 Å². The monoisotopic (exact) mass is 393 g/mol. The minimum atomic E-state index is -0.290. The van der Waals surface area contributed by atoms with Crippen LogP contribution in [0.4, 0.5) is 0 Å². The number of hydrogen-bond acceptors (Lipinski definition) is 4. The Balaban J connectivity index is 1.85. The Bertz CT molecular complexity index is 956. The van der Waals surface area contributed by atoms with Gasteiger partial charge in [-0.1, -0.05) is 72.3 Å². The Kier molecular flexibility index (Phi) is 6.71. The summed E-state index contributed by atoms with van der Waals surface area (Å²) in [5.74, 6) is 0.545. The lowest BCUT2D eigenvalue weighted by atomic mass is 10.1. The van der Waals surface area contributed by atoms with Gasteiger partial charge < -0.3 is 15.2 Å². The minimum absolute atomic E-state index is 0.290. The molecule has 0 heterocycles. The van der Waals surface area contributed by atoms with Crippen molar-refractivity contribution in [3.05, 3.63) is 107 Å². The average molecular weight is 394 g/mol. The van der Waals surface area contributed by atoms with Crippen LogP contribution in [-0.2, 0) is 13.2 Å². The second kappa shape index (κ2) is 9.62. The second-order valence-corrected chi connectivity index (χ2v) is 6.46. The lowest BCUT2D eigenvalue weighted by Crippen LogP contribution is -2.05. The molecule has 3 aromatic rings. The Morgan fingerprint density at radius 1 is 0.857 bits per heavy atom. The van der Waals surface area contributed by atoms with Gasteiger partial charge in [0.25, 0.3) is 0 Å². The quantitative estimate of drug-likeness (QED) is 0.424. The number of ketones is 1. The van der Waals surface area contributed by atoms with Crippen LogP contribution < -0.4 is 15.2 Å². The molecule has 3 rings (SSSR count). The smallest absolute Gasteiger partial charge is 0.191 e. The fourth-order valence-corrected chi connectivity index (χ4v) is 2.82. The van der Waals surface area contributed by atoms with Gasteiger partial charge in [0.2, 0.25) is 0 Å². The summed E-state index contributed by atoms with van der Waals surface area (Å²) in [6.45, 7) is 0.669. The van der Waals surface area contributed by atoms with Crippen LogP contribution in [0.15, 0.2) is 85.1 Å². The molecule has 3 aromatic carbocycles. The number of hydrogen-bond donors (Lipinski definition) is 1. The average Bonchev–Trinajstić information content (AvgIpc) is 2.73. The molecular weight excluding hydrogens is 374 g/mol. The largest absolute Gasteiger partial charge is 0.488 e. The number of rotatable bonds is 8. The third kappa shape index (κ3) is 5.15. The number of benzene rings is 3. The Morgan fingerprint density at radius 2 is 1.39 bits per heavy atom. The van der Waals surface area contributed by atoms with E-state index in [2.05, 4.69) is 0 Å². The zero-order valence-corrected chi connectivity index (χ0v) is 15.9. The Labute approximate surface area is 169 Å². The number of nitrogens with two attached hydrogens (primary N) is 1. The topological polar surface area (TPSA) is 61.6 Å². The first-order valence-corrected chi connectivity index (χ1v) is 9.15. The van der Waals surface area contributed by atoms with Crippen molar-refractivity contribution in [3.63, 3.8) is 0 Å². The molecule has 4 nitrogen and oxygen atoms in total. The Hall–Kier alpha value is -3.24. The van der Waals surface area contributed by atoms with Gasteiger partial charge in [-0.05, 0) is 23.4 Å². The van der Waals surface area contributed by atoms with Crippen molar-refractivity contribution in [2.45, 2.75) is 13.2 Å². The van der Waals surface area contributed by atoms with Crippen molar-refractivity contribution >= 4 is 17.4 Å². The first kappa shape index (κ1) is 19.5. The van der Waals surface area contributed by atoms with Crippen LogP contribution >= 0.6 is 11.6 Å². The molecule has 0 aliphatic carbocycles. The molecule has 0 aliphatic rings. The molecule has 5 heteroatoms. The maximum atomic E-state index is 12.4. The molecule has 0 spiro atoms. The van der Waals surface area contributed by atoms with Gasteiger partial charge in [-0.3, -0.25) is 4.79 Å². The number of carbonyl (C=O) groups excluding carboxylic acids is 1. The molecule has 0 aliphatic heterocycles. The van der Waals surface area contributed by atoms with Crippen molar-refractivity contribution in [3.8, 4) is 11.5 Å². The van der Waals surface area contributed by atoms with Crippen molar-refractivity contribution in [2.24, 2.45) is 5.73 Å². The number of halogens is 1. The van der Waals surface area contributed by atoms with Crippen LogP contribution in [0.5, 0.6) is 11.5 Å². The minimum Gasteiger partial charge on any atom is -0.488 e. The van der Waals surface area contributed by atoms with Crippen LogP contribution in [0.3, 0.4) is 0 Å². The zero-order valence-electron chi connectivity index (χ0n) is 15.2. The number of allylic oxidation sites excluding steroid dienone is 1. The van der Waals surface area contributed by atoms with E-state index < -0.39 is 0 Å². The normalized spacial score (nSPS) is 10.8. The molecular formula is C23H20ClNO3. The van der Waals surface area contributed by atoms with Gasteiger partial charge in [0, 0.05) is 12.1 Å². The van der Waals surface area contributed by atoms with E-state index in [1.54, 1.807) is 12.1 Å². The molecule has 0 aromatic heterocycles. The van der Waals surface area contributed by atoms with Crippen LogP contribution in [0, 0.1) is 0 Å². The molecule has 0 saturated carbocycles. The third-order valence-electron chi connectivity index (χ3n) is 4.02. The van der Waals surface area contributed by atoms with Crippen LogP contribution in [0.2, 0.25) is 5.02 Å². The summed E-state index contributed by atoms with van der Waals surface area (Å²) in [6, 6.07) is 22.6. The summed E-state index contributed by atoms with van der Waals surface area (Å²) >= 11 is 6.34. The SMILES string of the molecule is NC=CC(=O)c1cc(Cl)c(OCc2ccccc2)cc1OCc1ccccc1. The molecule has 0 unspecified atom stereocenters. The highest BCUT2D eigenvalue weighted by Crippen LogP contribution is 2.34. The first-order chi connectivity index (χ1) is 13.7. The summed E-state index contributed by atoms with van der Waals surface area (Å²) in [7, 11) is 0. The first-order valence-electron chi connectivity index (χ1n) is 8.77. The summed E-state index contributed by atoms with van der Waals surface area (Å²) in [5.41, 5.74) is 7.68. The van der Waals surface area contributed by atoms with Crippen molar-refractivity contribution in [2.75, 3.05) is 0 Å². The summed E-state index contributed by atoms with van der Waals surface area (Å²) < 4.78 is 11.7. The van der Waals surface area contributed by atoms with Gasteiger partial charge in [0.1, 0.15) is 24.7 Å². The summed E-state index contributed by atoms with van der Waals surface area (Å²) in [4.78, 5) is 12.4. The van der Waals surface area contributed by atoms with Gasteiger partial charge in [-0.25, -0.2) is 0 Å². The number of ether oxygens (including phenoxy) is 2. The molecule has 0 radical (unpaired) electrons. The fourth-order valence-electron chi connectivity index (χ4n) is 2.61.